The minimum atomic E-state index is -0.0277. The predicted octanol–water partition coefficient (Wildman–Crippen LogP) is 3.95. The molecule has 0 aliphatic rings. The van der Waals surface area contributed by atoms with Gasteiger partial charge in [-0.25, -0.2) is 0 Å². The van der Waals surface area contributed by atoms with Crippen molar-refractivity contribution in [2.45, 2.75) is 33.4 Å². The Morgan fingerprint density at radius 1 is 1.17 bits per heavy atom. The van der Waals surface area contributed by atoms with Crippen molar-refractivity contribution < 1.29 is 9.53 Å². The van der Waals surface area contributed by atoms with Gasteiger partial charge >= 0.3 is 0 Å². The molecule has 3 heterocycles. The second-order valence-corrected chi connectivity index (χ2v) is 8.10. The summed E-state index contributed by atoms with van der Waals surface area (Å²) < 4.78 is 7.43. The third kappa shape index (κ3) is 4.18. The lowest BCUT2D eigenvalue weighted by Gasteiger charge is -2.09. The molecule has 0 saturated carbocycles. The lowest BCUT2D eigenvalue weighted by molar-refractivity contribution is 0.0960. The van der Waals surface area contributed by atoms with Crippen molar-refractivity contribution in [1.29, 1.82) is 0 Å². The van der Waals surface area contributed by atoms with Crippen LogP contribution in [0.25, 0.3) is 11.4 Å². The van der Waals surface area contributed by atoms with Gasteiger partial charge in [-0.3, -0.25) is 4.79 Å². The van der Waals surface area contributed by atoms with Crippen molar-refractivity contribution in [2.75, 3.05) is 7.11 Å². The molecule has 30 heavy (non-hydrogen) atoms. The minimum Gasteiger partial charge on any atom is -0.497 e. The second-order valence-electron chi connectivity index (χ2n) is 7.06. The fourth-order valence-electron chi connectivity index (χ4n) is 3.51. The molecule has 0 spiro atoms. The maximum atomic E-state index is 12.9. The topological polar surface area (TPSA) is 74.8 Å². The highest BCUT2D eigenvalue weighted by Crippen LogP contribution is 2.21. The summed E-state index contributed by atoms with van der Waals surface area (Å²) >= 11 is 1.76. The van der Waals surface area contributed by atoms with E-state index in [-0.39, 0.29) is 12.3 Å². The molecule has 0 amide bonds. The summed E-state index contributed by atoms with van der Waals surface area (Å²) in [6.07, 6.45) is 0.955. The molecule has 0 aliphatic heterocycles. The van der Waals surface area contributed by atoms with Gasteiger partial charge < -0.3 is 9.30 Å². The average Bonchev–Trinajstić information content (AvgIpc) is 3.48. The molecule has 0 fully saturated rings. The summed E-state index contributed by atoms with van der Waals surface area (Å²) in [5.74, 6) is 1.15. The molecule has 0 bridgehead atoms. The van der Waals surface area contributed by atoms with E-state index in [0.29, 0.717) is 11.4 Å². The Bertz CT molecular complexity index is 1160. The van der Waals surface area contributed by atoms with Crippen LogP contribution in [0.3, 0.4) is 0 Å². The molecule has 154 valence electrons. The Hall–Kier alpha value is -3.26. The third-order valence-corrected chi connectivity index (χ3v) is 6.04. The fraction of sp³-hybridized carbons (Fsp3) is 0.273. The molecule has 4 aromatic rings. The average molecular weight is 422 g/mol. The summed E-state index contributed by atoms with van der Waals surface area (Å²) in [6, 6.07) is 13.6. The Morgan fingerprint density at radius 2 is 2.03 bits per heavy atom. The molecule has 0 aliphatic carbocycles. The van der Waals surface area contributed by atoms with Crippen molar-refractivity contribution in [3.63, 3.8) is 0 Å². The van der Waals surface area contributed by atoms with Crippen molar-refractivity contribution >= 4 is 17.1 Å². The highest BCUT2D eigenvalue weighted by atomic mass is 32.1. The number of carbonyl (C=O) groups is 1. The third-order valence-electron chi connectivity index (χ3n) is 5.10. The van der Waals surface area contributed by atoms with Gasteiger partial charge in [-0.05, 0) is 55.1 Å². The number of Topliss-reactive ketones (excluding diaryl/α,β-unsaturated/α-hetero) is 1. The molecule has 8 heteroatoms. The first-order chi connectivity index (χ1) is 14.5. The maximum absolute atomic E-state index is 12.9. The smallest absolute Gasteiger partial charge is 0.205 e. The zero-order valence-electron chi connectivity index (χ0n) is 17.2. The van der Waals surface area contributed by atoms with Gasteiger partial charge in [-0.15, -0.1) is 21.5 Å². The Kier molecular flexibility index (Phi) is 5.76. The predicted molar refractivity (Wildman–Crippen MR) is 116 cm³/mol. The molecule has 0 unspecified atom stereocenters. The van der Waals surface area contributed by atoms with E-state index >= 15 is 0 Å². The molecule has 0 atom stereocenters. The van der Waals surface area contributed by atoms with Gasteiger partial charge in [0.25, 0.3) is 0 Å². The van der Waals surface area contributed by atoms with Crippen LogP contribution in [0.2, 0.25) is 0 Å². The highest BCUT2D eigenvalue weighted by Gasteiger charge is 2.18. The zero-order chi connectivity index (χ0) is 21.1. The second kappa shape index (κ2) is 8.62. The van der Waals surface area contributed by atoms with Gasteiger partial charge in [-0.2, -0.15) is 4.80 Å². The number of aryl methyl sites for hydroxylation is 2. The first-order valence-electron chi connectivity index (χ1n) is 9.69. The van der Waals surface area contributed by atoms with E-state index in [9.17, 15) is 4.79 Å². The van der Waals surface area contributed by atoms with Crippen LogP contribution in [-0.4, -0.2) is 37.7 Å². The number of tetrazole rings is 1. The van der Waals surface area contributed by atoms with Gasteiger partial charge in [0.2, 0.25) is 5.82 Å². The number of hydrogen-bond acceptors (Lipinski definition) is 6. The number of ether oxygens (including phenoxy) is 1. The summed E-state index contributed by atoms with van der Waals surface area (Å²) in [5, 5.41) is 14.6. The van der Waals surface area contributed by atoms with Crippen LogP contribution >= 0.6 is 11.3 Å². The van der Waals surface area contributed by atoms with Crippen molar-refractivity contribution in [1.82, 2.24) is 24.8 Å². The van der Waals surface area contributed by atoms with Gasteiger partial charge in [0.1, 0.15) is 12.3 Å². The van der Waals surface area contributed by atoms with Crippen LogP contribution in [0, 0.1) is 13.8 Å². The van der Waals surface area contributed by atoms with Crippen LogP contribution in [0.5, 0.6) is 5.75 Å². The molecular formula is C22H23N5O2S. The van der Waals surface area contributed by atoms with Gasteiger partial charge in [0.15, 0.2) is 5.78 Å². The number of carbonyl (C=O) groups excluding carboxylic acids is 1. The van der Waals surface area contributed by atoms with E-state index < -0.39 is 0 Å². The summed E-state index contributed by atoms with van der Waals surface area (Å²) in [6.45, 7) is 4.93. The van der Waals surface area contributed by atoms with Crippen molar-refractivity contribution in [3.05, 3.63) is 69.7 Å². The van der Waals surface area contributed by atoms with Crippen LogP contribution in [-0.2, 0) is 19.5 Å². The quantitative estimate of drug-likeness (QED) is 0.403. The standard InChI is InChI=1S/C22H23N5O2S/c1-15-12-20(16(2)26(15)10-9-19-8-5-11-30-19)21(28)14-27-24-22(23-25-27)17-6-4-7-18(13-17)29-3/h4-8,11-13H,9-10,14H2,1-3H3. The number of benzene rings is 1. The SMILES string of the molecule is COc1cccc(-c2nnn(CC(=O)c3cc(C)n(CCc4cccs4)c3C)n2)c1. The molecule has 7 nitrogen and oxygen atoms in total. The lowest BCUT2D eigenvalue weighted by Crippen LogP contribution is -2.14. The first kappa shape index (κ1) is 20.0. The fourth-order valence-corrected chi connectivity index (χ4v) is 4.20. The molecular weight excluding hydrogens is 398 g/mol. The van der Waals surface area contributed by atoms with E-state index in [0.717, 1.165) is 35.7 Å². The van der Waals surface area contributed by atoms with Crippen LogP contribution in [0.1, 0.15) is 26.6 Å². The normalized spacial score (nSPS) is 11.0. The molecule has 1 aromatic carbocycles. The number of ketones is 1. The highest BCUT2D eigenvalue weighted by molar-refractivity contribution is 7.09. The Morgan fingerprint density at radius 3 is 2.80 bits per heavy atom. The number of rotatable bonds is 8. The van der Waals surface area contributed by atoms with Gasteiger partial charge in [-0.1, -0.05) is 18.2 Å². The summed E-state index contributed by atoms with van der Waals surface area (Å²) in [7, 11) is 1.61. The molecule has 0 saturated heterocycles. The molecule has 4 rings (SSSR count). The molecule has 0 N–H and O–H groups in total. The number of nitrogens with zero attached hydrogens (tertiary/aromatic N) is 5. The molecule has 3 aromatic heterocycles. The van der Waals surface area contributed by atoms with E-state index in [4.69, 9.17) is 4.74 Å². The van der Waals surface area contributed by atoms with E-state index in [2.05, 4.69) is 37.5 Å². The first-order valence-corrected chi connectivity index (χ1v) is 10.6. The summed E-state index contributed by atoms with van der Waals surface area (Å²) in [4.78, 5) is 15.6. The number of thiophene rings is 1. The number of hydrogen-bond donors (Lipinski definition) is 0. The van der Waals surface area contributed by atoms with Gasteiger partial charge in [0.05, 0.1) is 7.11 Å². The van der Waals surface area contributed by atoms with E-state index in [1.165, 1.54) is 9.67 Å². The molecule has 0 radical (unpaired) electrons. The van der Waals surface area contributed by atoms with Crippen molar-refractivity contribution in [2.24, 2.45) is 0 Å². The number of methoxy groups -OCH3 is 1. The largest absolute Gasteiger partial charge is 0.497 e. The zero-order valence-corrected chi connectivity index (χ0v) is 18.0. The van der Waals surface area contributed by atoms with E-state index in [1.807, 2.05) is 44.2 Å². The van der Waals surface area contributed by atoms with Crippen molar-refractivity contribution in [3.8, 4) is 17.1 Å². The van der Waals surface area contributed by atoms with Crippen LogP contribution in [0.15, 0.2) is 47.8 Å². The summed E-state index contributed by atoms with van der Waals surface area (Å²) in [5.41, 5.74) is 3.55. The number of aromatic nitrogens is 5. The Labute approximate surface area is 178 Å². The van der Waals surface area contributed by atoms with E-state index in [1.54, 1.807) is 18.4 Å². The maximum Gasteiger partial charge on any atom is 0.205 e. The monoisotopic (exact) mass is 421 g/mol. The Balaban J connectivity index is 1.48. The van der Waals surface area contributed by atoms with Crippen LogP contribution < -0.4 is 4.74 Å². The minimum absolute atomic E-state index is 0.0277. The lowest BCUT2D eigenvalue weighted by atomic mass is 10.1. The van der Waals surface area contributed by atoms with Gasteiger partial charge in [0, 0.05) is 33.9 Å². The van der Waals surface area contributed by atoms with Crippen LogP contribution in [0.4, 0.5) is 0 Å².